The molecule has 5 nitrogen and oxygen atoms in total. The van der Waals surface area contributed by atoms with E-state index >= 15 is 0 Å². The SMILES string of the molecule is O=C1C[C@@H](c2ccco2)Cc2c1c(Nc1cccc(C(F)(F)F)c1)nn2-c1ccccc1. The lowest BCUT2D eigenvalue weighted by molar-refractivity contribution is -0.137. The van der Waals surface area contributed by atoms with Crippen LogP contribution in [-0.2, 0) is 12.6 Å². The van der Waals surface area contributed by atoms with Gasteiger partial charge in [-0.3, -0.25) is 4.79 Å². The van der Waals surface area contributed by atoms with Gasteiger partial charge in [0.1, 0.15) is 5.76 Å². The molecule has 2 heterocycles. The number of halogens is 3. The van der Waals surface area contributed by atoms with Crippen LogP contribution in [0.5, 0.6) is 0 Å². The van der Waals surface area contributed by atoms with Crippen LogP contribution in [0.15, 0.2) is 77.4 Å². The van der Waals surface area contributed by atoms with Crippen LogP contribution in [0.3, 0.4) is 0 Å². The number of hydrogen-bond donors (Lipinski definition) is 1. The van der Waals surface area contributed by atoms with E-state index in [0.29, 0.717) is 17.7 Å². The number of para-hydroxylation sites is 1. The second-order valence-electron chi connectivity index (χ2n) is 7.66. The molecule has 1 aliphatic rings. The molecule has 0 amide bonds. The maximum Gasteiger partial charge on any atom is 0.416 e. The Bertz CT molecular complexity index is 1260. The molecule has 0 saturated carbocycles. The standard InChI is InChI=1S/C24H18F3N3O2/c25-24(26,27)16-6-4-7-17(14-16)28-23-22-19(30(29-23)18-8-2-1-3-9-18)12-15(13-20(22)31)21-10-5-11-32-21/h1-11,14-15H,12-13H2,(H,28,29)/t15-/m0/s1. The molecule has 5 rings (SSSR count). The van der Waals surface area contributed by atoms with Crippen LogP contribution in [0.4, 0.5) is 24.7 Å². The van der Waals surface area contributed by atoms with Crippen molar-refractivity contribution in [3.05, 3.63) is 95.6 Å². The van der Waals surface area contributed by atoms with Crippen molar-refractivity contribution in [1.82, 2.24) is 9.78 Å². The summed E-state index contributed by atoms with van der Waals surface area (Å²) in [7, 11) is 0. The summed E-state index contributed by atoms with van der Waals surface area (Å²) in [6, 6.07) is 17.8. The highest BCUT2D eigenvalue weighted by atomic mass is 19.4. The molecule has 0 bridgehead atoms. The van der Waals surface area contributed by atoms with Crippen LogP contribution in [0.2, 0.25) is 0 Å². The van der Waals surface area contributed by atoms with Crippen molar-refractivity contribution in [3.8, 4) is 5.69 Å². The number of nitrogens with zero attached hydrogens (tertiary/aromatic N) is 2. The first-order valence-corrected chi connectivity index (χ1v) is 10.1. The molecule has 0 unspecified atom stereocenters. The molecular formula is C24H18F3N3O2. The van der Waals surface area contributed by atoms with Gasteiger partial charge >= 0.3 is 6.18 Å². The zero-order valence-electron chi connectivity index (χ0n) is 16.8. The second-order valence-corrected chi connectivity index (χ2v) is 7.66. The molecule has 0 fully saturated rings. The molecule has 1 atom stereocenters. The number of furan rings is 1. The first-order valence-electron chi connectivity index (χ1n) is 10.1. The van der Waals surface area contributed by atoms with Gasteiger partial charge in [0.25, 0.3) is 0 Å². The minimum absolute atomic E-state index is 0.134. The van der Waals surface area contributed by atoms with Crippen molar-refractivity contribution in [2.75, 3.05) is 5.32 Å². The lowest BCUT2D eigenvalue weighted by Crippen LogP contribution is -2.20. The Morgan fingerprint density at radius 2 is 1.81 bits per heavy atom. The maximum absolute atomic E-state index is 13.2. The van der Waals surface area contributed by atoms with Crippen LogP contribution >= 0.6 is 0 Å². The predicted molar refractivity (Wildman–Crippen MR) is 112 cm³/mol. The van der Waals surface area contributed by atoms with Gasteiger partial charge in [0, 0.05) is 24.4 Å². The first-order chi connectivity index (χ1) is 15.4. The molecule has 0 saturated heterocycles. The highest BCUT2D eigenvalue weighted by Crippen LogP contribution is 2.38. The Balaban J connectivity index is 1.59. The van der Waals surface area contributed by atoms with Crippen molar-refractivity contribution in [1.29, 1.82) is 0 Å². The van der Waals surface area contributed by atoms with Crippen molar-refractivity contribution >= 4 is 17.3 Å². The van der Waals surface area contributed by atoms with Crippen LogP contribution in [0, 0.1) is 0 Å². The van der Waals surface area contributed by atoms with Crippen molar-refractivity contribution in [2.24, 2.45) is 0 Å². The van der Waals surface area contributed by atoms with Crippen molar-refractivity contribution < 1.29 is 22.4 Å². The Morgan fingerprint density at radius 3 is 2.53 bits per heavy atom. The molecule has 2 aromatic heterocycles. The smallest absolute Gasteiger partial charge is 0.416 e. The number of alkyl halides is 3. The summed E-state index contributed by atoms with van der Waals surface area (Å²) in [5, 5.41) is 7.53. The van der Waals surface area contributed by atoms with E-state index in [-0.39, 0.29) is 29.6 Å². The van der Waals surface area contributed by atoms with Crippen LogP contribution < -0.4 is 5.32 Å². The van der Waals surface area contributed by atoms with Gasteiger partial charge in [-0.25, -0.2) is 4.68 Å². The summed E-state index contributed by atoms with van der Waals surface area (Å²) in [4.78, 5) is 13.2. The van der Waals surface area contributed by atoms with Crippen LogP contribution in [0.25, 0.3) is 5.69 Å². The number of benzene rings is 2. The highest BCUT2D eigenvalue weighted by Gasteiger charge is 2.35. The van der Waals surface area contributed by atoms with E-state index in [1.54, 1.807) is 17.0 Å². The third-order valence-electron chi connectivity index (χ3n) is 5.53. The number of rotatable bonds is 4. The van der Waals surface area contributed by atoms with E-state index in [1.807, 2.05) is 36.4 Å². The van der Waals surface area contributed by atoms with E-state index < -0.39 is 11.7 Å². The highest BCUT2D eigenvalue weighted by molar-refractivity contribution is 6.03. The van der Waals surface area contributed by atoms with Crippen LogP contribution in [-0.4, -0.2) is 15.6 Å². The summed E-state index contributed by atoms with van der Waals surface area (Å²) < 4.78 is 46.6. The maximum atomic E-state index is 13.2. The van der Waals surface area contributed by atoms with E-state index in [9.17, 15) is 18.0 Å². The number of carbonyl (C=O) groups is 1. The van der Waals surface area contributed by atoms with Gasteiger partial charge in [-0.2, -0.15) is 13.2 Å². The van der Waals surface area contributed by atoms with Gasteiger partial charge in [-0.1, -0.05) is 24.3 Å². The zero-order chi connectivity index (χ0) is 22.3. The molecule has 2 aromatic carbocycles. The van der Waals surface area contributed by atoms with Crippen molar-refractivity contribution in [3.63, 3.8) is 0 Å². The van der Waals surface area contributed by atoms with Gasteiger partial charge in [-0.05, 0) is 42.5 Å². The Morgan fingerprint density at radius 1 is 1.00 bits per heavy atom. The Kier molecular flexibility index (Phi) is 4.84. The van der Waals surface area contributed by atoms with Gasteiger partial charge in [0.05, 0.1) is 28.8 Å². The van der Waals surface area contributed by atoms with E-state index in [0.717, 1.165) is 23.6 Å². The van der Waals surface area contributed by atoms with Gasteiger partial charge in [-0.15, -0.1) is 5.10 Å². The minimum atomic E-state index is -4.47. The largest absolute Gasteiger partial charge is 0.469 e. The number of Topliss-reactive ketones (excluding diaryl/α,β-unsaturated/α-hetero) is 1. The molecule has 1 N–H and O–H groups in total. The Hall–Kier alpha value is -3.81. The molecule has 8 heteroatoms. The first kappa shape index (κ1) is 20.1. The monoisotopic (exact) mass is 437 g/mol. The number of fused-ring (bicyclic) bond motifs is 1. The molecule has 1 aliphatic carbocycles. The van der Waals surface area contributed by atoms with Gasteiger partial charge in [0.15, 0.2) is 11.6 Å². The number of hydrogen-bond acceptors (Lipinski definition) is 4. The lowest BCUT2D eigenvalue weighted by atomic mass is 9.85. The zero-order valence-corrected chi connectivity index (χ0v) is 16.8. The molecule has 4 aromatic rings. The summed E-state index contributed by atoms with van der Waals surface area (Å²) in [6.07, 6.45) is -2.14. The number of carbonyl (C=O) groups excluding carboxylic acids is 1. The topological polar surface area (TPSA) is 60.1 Å². The summed E-state index contributed by atoms with van der Waals surface area (Å²) in [5.74, 6) is 0.693. The molecule has 0 aliphatic heterocycles. The number of aromatic nitrogens is 2. The average molecular weight is 437 g/mol. The lowest BCUT2D eigenvalue weighted by Gasteiger charge is -2.21. The van der Waals surface area contributed by atoms with Gasteiger partial charge < -0.3 is 9.73 Å². The quantitative estimate of drug-likeness (QED) is 0.417. The van der Waals surface area contributed by atoms with E-state index in [4.69, 9.17) is 4.42 Å². The fourth-order valence-electron chi connectivity index (χ4n) is 4.07. The van der Waals surface area contributed by atoms with E-state index in [2.05, 4.69) is 10.4 Å². The fourth-order valence-corrected chi connectivity index (χ4v) is 4.07. The second kappa shape index (κ2) is 7.71. The Labute approximate surface area is 181 Å². The normalized spacial score (nSPS) is 16.1. The number of anilines is 2. The van der Waals surface area contributed by atoms with Crippen LogP contribution in [0.1, 0.15) is 39.7 Å². The summed E-state index contributed by atoms with van der Waals surface area (Å²) in [6.45, 7) is 0. The third-order valence-corrected chi connectivity index (χ3v) is 5.53. The third kappa shape index (κ3) is 3.68. The number of ketones is 1. The summed E-state index contributed by atoms with van der Waals surface area (Å²) >= 11 is 0. The minimum Gasteiger partial charge on any atom is -0.469 e. The van der Waals surface area contributed by atoms with Gasteiger partial charge in [0.2, 0.25) is 0 Å². The fraction of sp³-hybridized carbons (Fsp3) is 0.167. The molecule has 162 valence electrons. The van der Waals surface area contributed by atoms with Crippen molar-refractivity contribution in [2.45, 2.75) is 24.9 Å². The predicted octanol–water partition coefficient (Wildman–Crippen LogP) is 6.14. The van der Waals surface area contributed by atoms with E-state index in [1.165, 1.54) is 12.1 Å². The molecular weight excluding hydrogens is 419 g/mol. The molecule has 0 spiro atoms. The molecule has 32 heavy (non-hydrogen) atoms. The number of nitrogens with one attached hydrogen (secondary N) is 1. The molecule has 0 radical (unpaired) electrons. The average Bonchev–Trinajstić information content (AvgIpc) is 3.43. The summed E-state index contributed by atoms with van der Waals surface area (Å²) in [5.41, 5.74) is 1.29.